The van der Waals surface area contributed by atoms with Crippen LogP contribution in [0.5, 0.6) is 5.75 Å². The summed E-state index contributed by atoms with van der Waals surface area (Å²) in [6.45, 7) is 8.96. The van der Waals surface area contributed by atoms with Crippen LogP contribution < -0.4 is 0 Å². The molecule has 0 heterocycles. The summed E-state index contributed by atoms with van der Waals surface area (Å²) in [6, 6.07) is 16.4. The van der Waals surface area contributed by atoms with Crippen molar-refractivity contribution < 1.29 is 5.11 Å². The van der Waals surface area contributed by atoms with Gasteiger partial charge in [-0.15, -0.1) is 0 Å². The van der Waals surface area contributed by atoms with Crippen molar-refractivity contribution in [1.29, 1.82) is 0 Å². The van der Waals surface area contributed by atoms with Crippen molar-refractivity contribution in [3.8, 4) is 5.75 Å². The van der Waals surface area contributed by atoms with Crippen molar-refractivity contribution in [2.24, 2.45) is 0 Å². The molecular formula is C19H24O. The quantitative estimate of drug-likeness (QED) is 0.804. The SMILES string of the molecule is CCC(C)c1cccc(C(C)(C)c2ccc(O)cc2)c1. The van der Waals surface area contributed by atoms with Gasteiger partial charge in [-0.25, -0.2) is 0 Å². The van der Waals surface area contributed by atoms with E-state index in [1.165, 1.54) is 16.7 Å². The minimum Gasteiger partial charge on any atom is -0.508 e. The molecule has 0 saturated carbocycles. The average molecular weight is 268 g/mol. The molecule has 1 atom stereocenters. The lowest BCUT2D eigenvalue weighted by atomic mass is 9.77. The van der Waals surface area contributed by atoms with E-state index in [0.29, 0.717) is 11.7 Å². The zero-order valence-electron chi connectivity index (χ0n) is 12.9. The first-order chi connectivity index (χ1) is 9.45. The standard InChI is InChI=1S/C19H24O/c1-5-14(2)15-7-6-8-17(13-15)19(3,4)16-9-11-18(20)12-10-16/h6-14,20H,5H2,1-4H3. The zero-order chi connectivity index (χ0) is 14.8. The fraction of sp³-hybridized carbons (Fsp3) is 0.368. The molecule has 1 nitrogen and oxygen atoms in total. The van der Waals surface area contributed by atoms with Crippen molar-refractivity contribution in [3.05, 3.63) is 65.2 Å². The predicted molar refractivity (Wildman–Crippen MR) is 85.4 cm³/mol. The summed E-state index contributed by atoms with van der Waals surface area (Å²) in [4.78, 5) is 0. The van der Waals surface area contributed by atoms with Crippen LogP contribution in [-0.4, -0.2) is 5.11 Å². The number of aromatic hydroxyl groups is 1. The molecule has 0 radical (unpaired) electrons. The summed E-state index contributed by atoms with van der Waals surface area (Å²) in [7, 11) is 0. The van der Waals surface area contributed by atoms with Crippen molar-refractivity contribution in [1.82, 2.24) is 0 Å². The zero-order valence-corrected chi connectivity index (χ0v) is 12.9. The van der Waals surface area contributed by atoms with E-state index in [9.17, 15) is 5.11 Å². The van der Waals surface area contributed by atoms with Crippen LogP contribution in [0.4, 0.5) is 0 Å². The van der Waals surface area contributed by atoms with E-state index in [4.69, 9.17) is 0 Å². The molecule has 1 N–H and O–H groups in total. The maximum absolute atomic E-state index is 9.44. The van der Waals surface area contributed by atoms with Crippen LogP contribution >= 0.6 is 0 Å². The summed E-state index contributed by atoms with van der Waals surface area (Å²) in [5.74, 6) is 0.906. The Labute approximate surface area is 122 Å². The Balaban J connectivity index is 2.40. The van der Waals surface area contributed by atoms with Gasteiger partial charge in [-0.05, 0) is 41.2 Å². The molecule has 0 bridgehead atoms. The highest BCUT2D eigenvalue weighted by molar-refractivity contribution is 5.41. The van der Waals surface area contributed by atoms with Gasteiger partial charge in [0.25, 0.3) is 0 Å². The maximum atomic E-state index is 9.44. The van der Waals surface area contributed by atoms with E-state index in [0.717, 1.165) is 6.42 Å². The molecule has 1 heteroatoms. The van der Waals surface area contributed by atoms with E-state index in [1.54, 1.807) is 12.1 Å². The van der Waals surface area contributed by atoms with Gasteiger partial charge in [-0.3, -0.25) is 0 Å². The third kappa shape index (κ3) is 2.87. The minimum absolute atomic E-state index is 0.0584. The van der Waals surface area contributed by atoms with Crippen molar-refractivity contribution in [2.45, 2.75) is 45.4 Å². The molecule has 0 aliphatic heterocycles. The molecule has 106 valence electrons. The van der Waals surface area contributed by atoms with E-state index in [-0.39, 0.29) is 5.41 Å². The van der Waals surface area contributed by atoms with Crippen LogP contribution in [0, 0.1) is 0 Å². The molecule has 1 unspecified atom stereocenters. The second-order valence-corrected chi connectivity index (χ2v) is 6.11. The van der Waals surface area contributed by atoms with E-state index >= 15 is 0 Å². The molecule has 0 aromatic heterocycles. The van der Waals surface area contributed by atoms with Crippen LogP contribution in [0.25, 0.3) is 0 Å². The Hall–Kier alpha value is -1.76. The van der Waals surface area contributed by atoms with Gasteiger partial charge in [0, 0.05) is 5.41 Å². The first-order valence-electron chi connectivity index (χ1n) is 7.35. The number of hydrogen-bond acceptors (Lipinski definition) is 1. The topological polar surface area (TPSA) is 20.2 Å². The van der Waals surface area contributed by atoms with Crippen LogP contribution in [-0.2, 0) is 5.41 Å². The fourth-order valence-corrected chi connectivity index (χ4v) is 2.51. The Morgan fingerprint density at radius 1 is 1.00 bits per heavy atom. The summed E-state index contributed by atoms with van der Waals surface area (Å²) in [5, 5.41) is 9.44. The minimum atomic E-state index is -0.0584. The Morgan fingerprint density at radius 3 is 2.25 bits per heavy atom. The smallest absolute Gasteiger partial charge is 0.115 e. The van der Waals surface area contributed by atoms with Gasteiger partial charge in [0.05, 0.1) is 0 Å². The number of phenols is 1. The first-order valence-corrected chi connectivity index (χ1v) is 7.35. The highest BCUT2D eigenvalue weighted by Gasteiger charge is 2.23. The summed E-state index contributed by atoms with van der Waals surface area (Å²) >= 11 is 0. The molecule has 0 fully saturated rings. The highest BCUT2D eigenvalue weighted by Crippen LogP contribution is 2.34. The molecule has 0 spiro atoms. The lowest BCUT2D eigenvalue weighted by Gasteiger charge is -2.27. The first kappa shape index (κ1) is 14.6. The molecule has 0 saturated heterocycles. The summed E-state index contributed by atoms with van der Waals surface area (Å²) < 4.78 is 0. The van der Waals surface area contributed by atoms with Gasteiger partial charge >= 0.3 is 0 Å². The second kappa shape index (κ2) is 5.70. The number of phenolic OH excluding ortho intramolecular Hbond substituents is 1. The molecule has 2 aromatic rings. The average Bonchev–Trinajstić information content (AvgIpc) is 2.47. The van der Waals surface area contributed by atoms with Gasteiger partial charge in [0.1, 0.15) is 5.75 Å². The van der Waals surface area contributed by atoms with Crippen molar-refractivity contribution in [3.63, 3.8) is 0 Å². The molecule has 2 rings (SSSR count). The van der Waals surface area contributed by atoms with E-state index < -0.39 is 0 Å². The number of benzene rings is 2. The third-order valence-electron chi connectivity index (χ3n) is 4.38. The predicted octanol–water partition coefficient (Wildman–Crippen LogP) is 5.23. The molecule has 0 aliphatic carbocycles. The lowest BCUT2D eigenvalue weighted by Crippen LogP contribution is -2.19. The summed E-state index contributed by atoms with van der Waals surface area (Å²) in [5.41, 5.74) is 3.88. The van der Waals surface area contributed by atoms with Gasteiger partial charge in [-0.2, -0.15) is 0 Å². The largest absolute Gasteiger partial charge is 0.508 e. The van der Waals surface area contributed by atoms with Crippen LogP contribution in [0.3, 0.4) is 0 Å². The molecule has 2 aromatic carbocycles. The molecular weight excluding hydrogens is 244 g/mol. The lowest BCUT2D eigenvalue weighted by molar-refractivity contribution is 0.474. The van der Waals surface area contributed by atoms with E-state index in [1.807, 2.05) is 12.1 Å². The second-order valence-electron chi connectivity index (χ2n) is 6.11. The Kier molecular flexibility index (Phi) is 4.17. The maximum Gasteiger partial charge on any atom is 0.115 e. The van der Waals surface area contributed by atoms with Gasteiger partial charge in [-0.1, -0.05) is 64.1 Å². The Bertz CT molecular complexity index is 567. The van der Waals surface area contributed by atoms with Crippen LogP contribution in [0.15, 0.2) is 48.5 Å². The van der Waals surface area contributed by atoms with Crippen LogP contribution in [0.2, 0.25) is 0 Å². The third-order valence-corrected chi connectivity index (χ3v) is 4.38. The van der Waals surface area contributed by atoms with Gasteiger partial charge in [0.15, 0.2) is 0 Å². The number of hydrogen-bond donors (Lipinski definition) is 1. The van der Waals surface area contributed by atoms with Crippen molar-refractivity contribution in [2.75, 3.05) is 0 Å². The molecule has 20 heavy (non-hydrogen) atoms. The van der Waals surface area contributed by atoms with Gasteiger partial charge < -0.3 is 5.11 Å². The Morgan fingerprint density at radius 2 is 1.65 bits per heavy atom. The van der Waals surface area contributed by atoms with Gasteiger partial charge in [0.2, 0.25) is 0 Å². The summed E-state index contributed by atoms with van der Waals surface area (Å²) in [6.07, 6.45) is 1.16. The van der Waals surface area contributed by atoms with E-state index in [2.05, 4.69) is 52.0 Å². The van der Waals surface area contributed by atoms with Crippen LogP contribution in [0.1, 0.15) is 56.7 Å². The fourth-order valence-electron chi connectivity index (χ4n) is 2.51. The number of rotatable bonds is 4. The monoisotopic (exact) mass is 268 g/mol. The van der Waals surface area contributed by atoms with Crippen molar-refractivity contribution >= 4 is 0 Å². The molecule has 0 aliphatic rings. The normalized spacial score (nSPS) is 13.2. The highest BCUT2D eigenvalue weighted by atomic mass is 16.3. The molecule has 0 amide bonds.